The van der Waals surface area contributed by atoms with Gasteiger partial charge in [-0.05, 0) is 19.9 Å². The second-order valence-electron chi connectivity index (χ2n) is 4.47. The average Bonchev–Trinajstić information content (AvgIpc) is 2.16. The highest BCUT2D eigenvalue weighted by atomic mass is 15.3. The van der Waals surface area contributed by atoms with Crippen LogP contribution >= 0.6 is 0 Å². The second kappa shape index (κ2) is 3.95. The Hall–Kier alpha value is -0.120. The van der Waals surface area contributed by atoms with Crippen LogP contribution in [0.3, 0.4) is 0 Å². The molecule has 0 saturated carbocycles. The van der Waals surface area contributed by atoms with E-state index in [-0.39, 0.29) is 0 Å². The molecule has 76 valence electrons. The third kappa shape index (κ3) is 1.87. The lowest BCUT2D eigenvalue weighted by molar-refractivity contribution is 0.0227. The van der Waals surface area contributed by atoms with E-state index in [9.17, 15) is 0 Å². The zero-order valence-corrected chi connectivity index (χ0v) is 8.58. The van der Waals surface area contributed by atoms with Crippen molar-refractivity contribution < 1.29 is 0 Å². The first-order valence-corrected chi connectivity index (χ1v) is 5.45. The zero-order chi connectivity index (χ0) is 9.26. The molecule has 0 amide bonds. The maximum atomic E-state index is 5.79. The molecule has 2 fully saturated rings. The Morgan fingerprint density at radius 3 is 2.92 bits per heavy atom. The fourth-order valence-corrected chi connectivity index (χ4v) is 2.77. The highest BCUT2D eigenvalue weighted by molar-refractivity contribution is 4.89. The van der Waals surface area contributed by atoms with E-state index in [1.54, 1.807) is 0 Å². The number of hydrogen-bond donors (Lipinski definition) is 1. The number of nitrogens with two attached hydrogens (primary N) is 1. The lowest BCUT2D eigenvalue weighted by Crippen LogP contribution is -2.59. The van der Waals surface area contributed by atoms with E-state index in [2.05, 4.69) is 16.8 Å². The van der Waals surface area contributed by atoms with Gasteiger partial charge in [0.2, 0.25) is 0 Å². The minimum atomic E-state index is 0.674. The maximum absolute atomic E-state index is 5.79. The Balaban J connectivity index is 1.99. The first-order chi connectivity index (χ1) is 6.31. The topological polar surface area (TPSA) is 32.5 Å². The molecule has 13 heavy (non-hydrogen) atoms. The Bertz CT molecular complexity index is 172. The van der Waals surface area contributed by atoms with Gasteiger partial charge >= 0.3 is 0 Å². The van der Waals surface area contributed by atoms with Gasteiger partial charge in [0.15, 0.2) is 0 Å². The Kier molecular flexibility index (Phi) is 2.86. The lowest BCUT2D eigenvalue weighted by Gasteiger charge is -2.47. The predicted molar refractivity (Wildman–Crippen MR) is 54.7 cm³/mol. The SMILES string of the molecule is CN1CCN2C(CN)CCCC2C1. The number of hydrogen-bond acceptors (Lipinski definition) is 3. The van der Waals surface area contributed by atoms with Gasteiger partial charge in [0, 0.05) is 38.3 Å². The van der Waals surface area contributed by atoms with Gasteiger partial charge in [0.1, 0.15) is 0 Å². The molecule has 2 heterocycles. The van der Waals surface area contributed by atoms with Crippen LogP contribution in [0.2, 0.25) is 0 Å². The van der Waals surface area contributed by atoms with Crippen LogP contribution in [-0.4, -0.2) is 55.1 Å². The second-order valence-corrected chi connectivity index (χ2v) is 4.47. The molecule has 2 unspecified atom stereocenters. The maximum Gasteiger partial charge on any atom is 0.0227 e. The standard InChI is InChI=1S/C10H21N3/c1-12-5-6-13-9(7-11)3-2-4-10(13)8-12/h9-10H,2-8,11H2,1H3. The lowest BCUT2D eigenvalue weighted by atomic mass is 9.93. The summed E-state index contributed by atoms with van der Waals surface area (Å²) in [5.74, 6) is 0. The van der Waals surface area contributed by atoms with Crippen LogP contribution < -0.4 is 5.73 Å². The molecular formula is C10H21N3. The molecular weight excluding hydrogens is 162 g/mol. The Morgan fingerprint density at radius 1 is 1.31 bits per heavy atom. The van der Waals surface area contributed by atoms with Crippen LogP contribution in [0.25, 0.3) is 0 Å². The molecule has 0 aromatic carbocycles. The molecule has 0 bridgehead atoms. The molecule has 2 N–H and O–H groups in total. The summed E-state index contributed by atoms with van der Waals surface area (Å²) in [6, 6.07) is 1.47. The molecule has 0 radical (unpaired) electrons. The molecule has 2 atom stereocenters. The normalized spacial score (nSPS) is 37.4. The summed E-state index contributed by atoms with van der Waals surface area (Å²) in [5, 5.41) is 0. The van der Waals surface area contributed by atoms with Crippen LogP contribution in [0.1, 0.15) is 19.3 Å². The fraction of sp³-hybridized carbons (Fsp3) is 1.00. The first kappa shape index (κ1) is 9.44. The molecule has 3 heteroatoms. The highest BCUT2D eigenvalue weighted by Gasteiger charge is 2.32. The van der Waals surface area contributed by atoms with E-state index in [1.807, 2.05) is 0 Å². The average molecular weight is 183 g/mol. The zero-order valence-electron chi connectivity index (χ0n) is 8.58. The van der Waals surface area contributed by atoms with E-state index < -0.39 is 0 Å². The quantitative estimate of drug-likeness (QED) is 0.626. The number of rotatable bonds is 1. The third-order valence-electron chi connectivity index (χ3n) is 3.55. The minimum absolute atomic E-state index is 0.674. The van der Waals surface area contributed by atoms with E-state index in [0.717, 1.165) is 12.6 Å². The summed E-state index contributed by atoms with van der Waals surface area (Å²) < 4.78 is 0. The molecule has 2 aliphatic rings. The summed E-state index contributed by atoms with van der Waals surface area (Å²) in [7, 11) is 2.23. The van der Waals surface area contributed by atoms with Crippen molar-refractivity contribution in [2.75, 3.05) is 33.2 Å². The molecule has 0 spiro atoms. The summed E-state index contributed by atoms with van der Waals surface area (Å²) >= 11 is 0. The minimum Gasteiger partial charge on any atom is -0.329 e. The van der Waals surface area contributed by atoms with Crippen LogP contribution in [0, 0.1) is 0 Å². The molecule has 0 aliphatic carbocycles. The summed E-state index contributed by atoms with van der Waals surface area (Å²) in [6.45, 7) is 4.53. The van der Waals surface area contributed by atoms with Crippen molar-refractivity contribution in [2.45, 2.75) is 31.3 Å². The molecule has 2 saturated heterocycles. The molecule has 0 aromatic rings. The molecule has 0 aromatic heterocycles. The van der Waals surface area contributed by atoms with Crippen LogP contribution in [-0.2, 0) is 0 Å². The van der Waals surface area contributed by atoms with Gasteiger partial charge in [-0.2, -0.15) is 0 Å². The van der Waals surface area contributed by atoms with Gasteiger partial charge in [-0.3, -0.25) is 4.90 Å². The Morgan fingerprint density at radius 2 is 2.15 bits per heavy atom. The van der Waals surface area contributed by atoms with Crippen molar-refractivity contribution in [3.05, 3.63) is 0 Å². The fourth-order valence-electron chi connectivity index (χ4n) is 2.77. The van der Waals surface area contributed by atoms with E-state index in [4.69, 9.17) is 5.73 Å². The van der Waals surface area contributed by atoms with Gasteiger partial charge in [-0.25, -0.2) is 0 Å². The van der Waals surface area contributed by atoms with Crippen molar-refractivity contribution in [3.63, 3.8) is 0 Å². The molecule has 2 rings (SSSR count). The van der Waals surface area contributed by atoms with Crippen LogP contribution in [0.15, 0.2) is 0 Å². The van der Waals surface area contributed by atoms with E-state index in [0.29, 0.717) is 6.04 Å². The van der Waals surface area contributed by atoms with Crippen molar-refractivity contribution in [2.24, 2.45) is 5.73 Å². The van der Waals surface area contributed by atoms with Crippen LogP contribution in [0.4, 0.5) is 0 Å². The number of piperazine rings is 1. The van der Waals surface area contributed by atoms with Gasteiger partial charge in [0.05, 0.1) is 0 Å². The highest BCUT2D eigenvalue weighted by Crippen LogP contribution is 2.24. The number of likely N-dealkylation sites (N-methyl/N-ethyl adjacent to an activating group) is 1. The number of fused-ring (bicyclic) bond motifs is 1. The van der Waals surface area contributed by atoms with E-state index in [1.165, 1.54) is 38.9 Å². The summed E-state index contributed by atoms with van der Waals surface area (Å²) in [5.41, 5.74) is 5.79. The summed E-state index contributed by atoms with van der Waals surface area (Å²) in [6.07, 6.45) is 4.06. The van der Waals surface area contributed by atoms with Crippen molar-refractivity contribution in [3.8, 4) is 0 Å². The smallest absolute Gasteiger partial charge is 0.0227 e. The van der Waals surface area contributed by atoms with Crippen molar-refractivity contribution in [1.82, 2.24) is 9.80 Å². The molecule has 3 nitrogen and oxygen atoms in total. The Labute approximate surface area is 80.9 Å². The van der Waals surface area contributed by atoms with Gasteiger partial charge in [0.25, 0.3) is 0 Å². The third-order valence-corrected chi connectivity index (χ3v) is 3.55. The van der Waals surface area contributed by atoms with E-state index >= 15 is 0 Å². The largest absolute Gasteiger partial charge is 0.329 e. The predicted octanol–water partition coefficient (Wildman–Crippen LogP) is 0.114. The number of nitrogens with zero attached hydrogens (tertiary/aromatic N) is 2. The monoisotopic (exact) mass is 183 g/mol. The number of piperidine rings is 1. The molecule has 2 aliphatic heterocycles. The van der Waals surface area contributed by atoms with Gasteiger partial charge < -0.3 is 10.6 Å². The van der Waals surface area contributed by atoms with Crippen molar-refractivity contribution in [1.29, 1.82) is 0 Å². The first-order valence-electron chi connectivity index (χ1n) is 5.45. The van der Waals surface area contributed by atoms with Gasteiger partial charge in [-0.15, -0.1) is 0 Å². The van der Waals surface area contributed by atoms with Crippen LogP contribution in [0.5, 0.6) is 0 Å². The van der Waals surface area contributed by atoms with Crippen molar-refractivity contribution >= 4 is 0 Å². The van der Waals surface area contributed by atoms with Gasteiger partial charge in [-0.1, -0.05) is 6.42 Å². The summed E-state index contributed by atoms with van der Waals surface area (Å²) in [4.78, 5) is 5.09.